The van der Waals surface area contributed by atoms with Crippen LogP contribution < -0.4 is 5.73 Å². The van der Waals surface area contributed by atoms with E-state index in [1.54, 1.807) is 0 Å². The van der Waals surface area contributed by atoms with E-state index in [0.717, 1.165) is 23.7 Å². The highest BCUT2D eigenvalue weighted by Gasteiger charge is 2.50. The van der Waals surface area contributed by atoms with Crippen molar-refractivity contribution in [2.45, 2.75) is 25.3 Å². The minimum Gasteiger partial charge on any atom is -0.327 e. The highest BCUT2D eigenvalue weighted by molar-refractivity contribution is 5.14. The third-order valence-corrected chi connectivity index (χ3v) is 4.06. The average molecular weight is 149 g/mol. The standard InChI is InChI=1S/C10H15N/c11-10-5-6-4-9(10)8-3-1-2-7(6)8/h1,3,6-10H,2,4-5,11H2/t6-,7+,8+,9-,10+/m0/s1. The molecule has 3 aliphatic carbocycles. The molecule has 60 valence electrons. The summed E-state index contributed by atoms with van der Waals surface area (Å²) in [5.41, 5.74) is 6.04. The first-order chi connectivity index (χ1) is 5.36. The van der Waals surface area contributed by atoms with E-state index in [4.69, 9.17) is 5.73 Å². The molecule has 5 atom stereocenters. The second kappa shape index (κ2) is 1.89. The molecule has 3 aliphatic rings. The molecule has 1 heteroatoms. The molecule has 0 radical (unpaired) electrons. The van der Waals surface area contributed by atoms with Crippen LogP contribution in [0.5, 0.6) is 0 Å². The van der Waals surface area contributed by atoms with Crippen molar-refractivity contribution in [2.24, 2.45) is 29.4 Å². The van der Waals surface area contributed by atoms with Crippen LogP contribution in [0, 0.1) is 23.7 Å². The fourth-order valence-corrected chi connectivity index (χ4v) is 3.60. The van der Waals surface area contributed by atoms with E-state index in [2.05, 4.69) is 12.2 Å². The quantitative estimate of drug-likeness (QED) is 0.519. The number of fused-ring (bicyclic) bond motifs is 5. The average Bonchev–Trinajstić information content (AvgIpc) is 2.52. The molecule has 0 heterocycles. The Morgan fingerprint density at radius 1 is 1.18 bits per heavy atom. The predicted molar refractivity (Wildman–Crippen MR) is 44.9 cm³/mol. The van der Waals surface area contributed by atoms with E-state index in [9.17, 15) is 0 Å². The SMILES string of the molecule is N[C@@H]1C[C@@H]2C[C@H]1[C@@H]1C=CC[C@H]21. The van der Waals surface area contributed by atoms with Crippen molar-refractivity contribution in [3.8, 4) is 0 Å². The summed E-state index contributed by atoms with van der Waals surface area (Å²) in [7, 11) is 0. The van der Waals surface area contributed by atoms with Gasteiger partial charge in [0.2, 0.25) is 0 Å². The molecule has 0 saturated heterocycles. The maximum atomic E-state index is 6.04. The number of hydrogen-bond acceptors (Lipinski definition) is 1. The van der Waals surface area contributed by atoms with Crippen molar-refractivity contribution in [3.05, 3.63) is 12.2 Å². The number of hydrogen-bond donors (Lipinski definition) is 1. The summed E-state index contributed by atoms with van der Waals surface area (Å²) < 4.78 is 0. The Labute approximate surface area is 67.7 Å². The first-order valence-electron chi connectivity index (χ1n) is 4.78. The summed E-state index contributed by atoms with van der Waals surface area (Å²) in [6, 6.07) is 0.531. The fraction of sp³-hybridized carbons (Fsp3) is 0.800. The second-order valence-corrected chi connectivity index (χ2v) is 4.46. The lowest BCUT2D eigenvalue weighted by atomic mass is 9.79. The maximum absolute atomic E-state index is 6.04. The van der Waals surface area contributed by atoms with Crippen LogP contribution >= 0.6 is 0 Å². The van der Waals surface area contributed by atoms with Gasteiger partial charge in [0, 0.05) is 6.04 Å². The van der Waals surface area contributed by atoms with E-state index in [0.29, 0.717) is 6.04 Å². The molecule has 0 aliphatic heterocycles. The Morgan fingerprint density at radius 2 is 2.09 bits per heavy atom. The molecular formula is C10H15N. The van der Waals surface area contributed by atoms with Crippen LogP contribution in [0.25, 0.3) is 0 Å². The van der Waals surface area contributed by atoms with Crippen molar-refractivity contribution in [2.75, 3.05) is 0 Å². The zero-order valence-corrected chi connectivity index (χ0v) is 6.74. The maximum Gasteiger partial charge on any atom is 0.00757 e. The Kier molecular flexibility index (Phi) is 1.07. The van der Waals surface area contributed by atoms with E-state index in [1.165, 1.54) is 19.3 Å². The Balaban J connectivity index is 1.94. The summed E-state index contributed by atoms with van der Waals surface area (Å²) in [5, 5.41) is 0. The fourth-order valence-electron chi connectivity index (χ4n) is 3.60. The normalized spacial score (nSPS) is 58.8. The van der Waals surface area contributed by atoms with Gasteiger partial charge in [-0.2, -0.15) is 0 Å². The van der Waals surface area contributed by atoms with Gasteiger partial charge in [-0.25, -0.2) is 0 Å². The van der Waals surface area contributed by atoms with Gasteiger partial charge >= 0.3 is 0 Å². The molecule has 1 nitrogen and oxygen atoms in total. The van der Waals surface area contributed by atoms with Gasteiger partial charge in [0.25, 0.3) is 0 Å². The zero-order chi connectivity index (χ0) is 7.42. The molecule has 0 spiro atoms. The lowest BCUT2D eigenvalue weighted by Crippen LogP contribution is -2.34. The smallest absolute Gasteiger partial charge is 0.00757 e. The molecule has 2 N–H and O–H groups in total. The summed E-state index contributed by atoms with van der Waals surface area (Å²) in [6.07, 6.45) is 8.88. The largest absolute Gasteiger partial charge is 0.327 e. The van der Waals surface area contributed by atoms with Crippen molar-refractivity contribution < 1.29 is 0 Å². The predicted octanol–water partition coefficient (Wildman–Crippen LogP) is 1.55. The summed E-state index contributed by atoms with van der Waals surface area (Å²) in [5.74, 6) is 3.71. The minimum atomic E-state index is 0.531. The lowest BCUT2D eigenvalue weighted by Gasteiger charge is -2.28. The van der Waals surface area contributed by atoms with Gasteiger partial charge in [-0.1, -0.05) is 12.2 Å². The number of nitrogens with two attached hydrogens (primary N) is 1. The monoisotopic (exact) mass is 149 g/mol. The molecule has 0 amide bonds. The van der Waals surface area contributed by atoms with Crippen molar-refractivity contribution in [1.29, 1.82) is 0 Å². The van der Waals surface area contributed by atoms with Crippen LogP contribution in [-0.2, 0) is 0 Å². The first-order valence-corrected chi connectivity index (χ1v) is 4.78. The molecular weight excluding hydrogens is 134 g/mol. The van der Waals surface area contributed by atoms with Gasteiger partial charge in [-0.3, -0.25) is 0 Å². The van der Waals surface area contributed by atoms with Crippen molar-refractivity contribution in [1.82, 2.24) is 0 Å². The van der Waals surface area contributed by atoms with Gasteiger partial charge in [-0.05, 0) is 42.9 Å². The molecule has 0 aromatic rings. The lowest BCUT2D eigenvalue weighted by molar-refractivity contribution is 0.258. The first kappa shape index (κ1) is 6.24. The highest BCUT2D eigenvalue weighted by Crippen LogP contribution is 2.55. The van der Waals surface area contributed by atoms with Crippen molar-refractivity contribution in [3.63, 3.8) is 0 Å². The summed E-state index contributed by atoms with van der Waals surface area (Å²) in [4.78, 5) is 0. The second-order valence-electron chi connectivity index (χ2n) is 4.46. The van der Waals surface area contributed by atoms with Gasteiger partial charge in [0.15, 0.2) is 0 Å². The molecule has 2 bridgehead atoms. The summed E-state index contributed by atoms with van der Waals surface area (Å²) >= 11 is 0. The van der Waals surface area contributed by atoms with E-state index < -0.39 is 0 Å². The van der Waals surface area contributed by atoms with Gasteiger partial charge in [-0.15, -0.1) is 0 Å². The van der Waals surface area contributed by atoms with E-state index in [-0.39, 0.29) is 0 Å². The Hall–Kier alpha value is -0.300. The topological polar surface area (TPSA) is 26.0 Å². The van der Waals surface area contributed by atoms with Crippen LogP contribution in [0.1, 0.15) is 19.3 Å². The van der Waals surface area contributed by atoms with Crippen LogP contribution in [0.2, 0.25) is 0 Å². The highest BCUT2D eigenvalue weighted by atomic mass is 14.7. The zero-order valence-electron chi connectivity index (χ0n) is 6.74. The van der Waals surface area contributed by atoms with Crippen LogP contribution in [0.4, 0.5) is 0 Å². The number of rotatable bonds is 0. The van der Waals surface area contributed by atoms with Gasteiger partial charge in [0.05, 0.1) is 0 Å². The molecule has 0 unspecified atom stereocenters. The molecule has 2 fully saturated rings. The minimum absolute atomic E-state index is 0.531. The van der Waals surface area contributed by atoms with Crippen LogP contribution in [0.15, 0.2) is 12.2 Å². The Morgan fingerprint density at radius 3 is 3.00 bits per heavy atom. The number of allylic oxidation sites excluding steroid dienone is 2. The molecule has 2 saturated carbocycles. The third kappa shape index (κ3) is 0.652. The van der Waals surface area contributed by atoms with E-state index in [1.807, 2.05) is 0 Å². The third-order valence-electron chi connectivity index (χ3n) is 4.06. The molecule has 0 aromatic heterocycles. The van der Waals surface area contributed by atoms with Gasteiger partial charge < -0.3 is 5.73 Å². The molecule has 11 heavy (non-hydrogen) atoms. The summed E-state index contributed by atoms with van der Waals surface area (Å²) in [6.45, 7) is 0. The molecule has 0 aromatic carbocycles. The van der Waals surface area contributed by atoms with E-state index >= 15 is 0 Å². The van der Waals surface area contributed by atoms with Crippen LogP contribution in [-0.4, -0.2) is 6.04 Å². The molecule has 3 rings (SSSR count). The van der Waals surface area contributed by atoms with Crippen LogP contribution in [0.3, 0.4) is 0 Å². The Bertz CT molecular complexity index is 209. The van der Waals surface area contributed by atoms with Crippen molar-refractivity contribution >= 4 is 0 Å². The van der Waals surface area contributed by atoms with Gasteiger partial charge in [0.1, 0.15) is 0 Å².